The van der Waals surface area contributed by atoms with Gasteiger partial charge in [-0.05, 0) is 91.7 Å². The molecule has 0 saturated heterocycles. The Morgan fingerprint density at radius 3 is 2.00 bits per heavy atom. The number of hydrogen-bond donors (Lipinski definition) is 1. The summed E-state index contributed by atoms with van der Waals surface area (Å²) in [5.74, 6) is 0.0762. The van der Waals surface area contributed by atoms with E-state index < -0.39 is 11.7 Å². The number of alkyl halides is 3. The number of amides is 1. The molecule has 1 heterocycles. The standard InChI is InChI=1S/C32H33ClF3N3O/c1-21(2)19-22-5-14-27(32(34,35)36)30(20-22)39-28(15-16-29(39)24-10-12-26(33)13-11-24)23-6-8-25(9-7-23)31(40)37-17-18-38(3)4/h5-16,20-21H,17-19H2,1-4H3,(H,37,40). The fraction of sp³-hybridized carbons (Fsp3) is 0.281. The normalized spacial score (nSPS) is 11.8. The van der Waals surface area contributed by atoms with E-state index in [1.165, 1.54) is 6.07 Å². The Hall–Kier alpha value is -3.55. The number of benzene rings is 3. The first-order chi connectivity index (χ1) is 18.9. The number of nitrogens with one attached hydrogen (secondary N) is 1. The molecule has 0 saturated carbocycles. The van der Waals surface area contributed by atoms with E-state index in [0.717, 1.165) is 11.1 Å². The molecule has 40 heavy (non-hydrogen) atoms. The van der Waals surface area contributed by atoms with Gasteiger partial charge in [0.2, 0.25) is 0 Å². The third kappa shape index (κ3) is 6.95. The Morgan fingerprint density at radius 1 is 0.900 bits per heavy atom. The monoisotopic (exact) mass is 567 g/mol. The Morgan fingerprint density at radius 2 is 1.48 bits per heavy atom. The van der Waals surface area contributed by atoms with Gasteiger partial charge in [0.25, 0.3) is 5.91 Å². The van der Waals surface area contributed by atoms with Crippen molar-refractivity contribution in [1.29, 1.82) is 0 Å². The topological polar surface area (TPSA) is 37.3 Å². The van der Waals surface area contributed by atoms with E-state index in [4.69, 9.17) is 11.6 Å². The first kappa shape index (κ1) is 29.4. The van der Waals surface area contributed by atoms with Gasteiger partial charge in [0.1, 0.15) is 0 Å². The summed E-state index contributed by atoms with van der Waals surface area (Å²) < 4.78 is 44.8. The van der Waals surface area contributed by atoms with Crippen LogP contribution in [0.4, 0.5) is 13.2 Å². The van der Waals surface area contributed by atoms with Crippen LogP contribution >= 0.6 is 11.6 Å². The van der Waals surface area contributed by atoms with Gasteiger partial charge in [-0.1, -0.05) is 55.8 Å². The molecule has 0 unspecified atom stereocenters. The lowest BCUT2D eigenvalue weighted by molar-refractivity contribution is -0.137. The molecule has 1 amide bonds. The highest BCUT2D eigenvalue weighted by Crippen LogP contribution is 2.40. The maximum Gasteiger partial charge on any atom is 0.418 e. The fourth-order valence-corrected chi connectivity index (χ4v) is 4.78. The second-order valence-corrected chi connectivity index (χ2v) is 11.0. The zero-order chi connectivity index (χ0) is 29.0. The van der Waals surface area contributed by atoms with Gasteiger partial charge in [-0.3, -0.25) is 4.79 Å². The van der Waals surface area contributed by atoms with E-state index >= 15 is 0 Å². The van der Waals surface area contributed by atoms with E-state index in [0.29, 0.717) is 47.0 Å². The van der Waals surface area contributed by atoms with Crippen LogP contribution in [0.3, 0.4) is 0 Å². The van der Waals surface area contributed by atoms with Crippen LogP contribution in [0.2, 0.25) is 5.02 Å². The van der Waals surface area contributed by atoms with Crippen LogP contribution in [0.25, 0.3) is 28.2 Å². The first-order valence-corrected chi connectivity index (χ1v) is 13.5. The van der Waals surface area contributed by atoms with E-state index in [-0.39, 0.29) is 17.5 Å². The molecule has 0 radical (unpaired) electrons. The number of hydrogen-bond acceptors (Lipinski definition) is 2. The lowest BCUT2D eigenvalue weighted by Crippen LogP contribution is -2.31. The molecule has 0 aliphatic heterocycles. The van der Waals surface area contributed by atoms with E-state index in [2.05, 4.69) is 5.32 Å². The lowest BCUT2D eigenvalue weighted by atomic mass is 9.99. The van der Waals surface area contributed by atoms with Crippen LogP contribution < -0.4 is 5.32 Å². The summed E-state index contributed by atoms with van der Waals surface area (Å²) in [7, 11) is 3.86. The molecule has 0 atom stereocenters. The summed E-state index contributed by atoms with van der Waals surface area (Å²) in [6.07, 6.45) is -3.91. The number of nitrogens with zero attached hydrogens (tertiary/aromatic N) is 2. The van der Waals surface area contributed by atoms with Gasteiger partial charge < -0.3 is 14.8 Å². The van der Waals surface area contributed by atoms with Gasteiger partial charge in [0.05, 0.1) is 22.6 Å². The van der Waals surface area contributed by atoms with Crippen LogP contribution in [0.15, 0.2) is 78.9 Å². The molecular weight excluding hydrogens is 535 g/mol. The average Bonchev–Trinajstić information content (AvgIpc) is 3.33. The van der Waals surface area contributed by atoms with Crippen molar-refractivity contribution in [3.63, 3.8) is 0 Å². The average molecular weight is 568 g/mol. The third-order valence-corrected chi connectivity index (χ3v) is 6.81. The zero-order valence-corrected chi connectivity index (χ0v) is 23.8. The maximum absolute atomic E-state index is 14.4. The van der Waals surface area contributed by atoms with E-state index in [9.17, 15) is 18.0 Å². The highest BCUT2D eigenvalue weighted by Gasteiger charge is 2.35. The van der Waals surface area contributed by atoms with Gasteiger partial charge in [-0.15, -0.1) is 0 Å². The molecule has 1 aromatic heterocycles. The molecule has 0 aliphatic rings. The van der Waals surface area contributed by atoms with Crippen molar-refractivity contribution in [3.8, 4) is 28.2 Å². The number of aromatic nitrogens is 1. The summed E-state index contributed by atoms with van der Waals surface area (Å²) in [6.45, 7) is 5.29. The van der Waals surface area contributed by atoms with Crippen LogP contribution in [0.5, 0.6) is 0 Å². The molecule has 3 aromatic carbocycles. The molecule has 4 aromatic rings. The van der Waals surface area contributed by atoms with Gasteiger partial charge in [-0.25, -0.2) is 0 Å². The lowest BCUT2D eigenvalue weighted by Gasteiger charge is -2.21. The van der Waals surface area contributed by atoms with Crippen LogP contribution in [0, 0.1) is 5.92 Å². The number of likely N-dealkylation sites (N-methyl/N-ethyl adjacent to an activating group) is 1. The predicted octanol–water partition coefficient (Wildman–Crippen LogP) is 7.97. The van der Waals surface area contributed by atoms with Crippen molar-refractivity contribution in [2.75, 3.05) is 27.2 Å². The third-order valence-electron chi connectivity index (χ3n) is 6.56. The smallest absolute Gasteiger partial charge is 0.351 e. The first-order valence-electron chi connectivity index (χ1n) is 13.2. The Bertz CT molecular complexity index is 1460. The molecule has 0 spiro atoms. The molecular formula is C32H33ClF3N3O. The summed E-state index contributed by atoms with van der Waals surface area (Å²) >= 11 is 6.11. The Kier molecular flexibility index (Phi) is 9.06. The van der Waals surface area contributed by atoms with Gasteiger partial charge in [-0.2, -0.15) is 13.2 Å². The number of carbonyl (C=O) groups excluding carboxylic acids is 1. The largest absolute Gasteiger partial charge is 0.418 e. The van der Waals surface area contributed by atoms with E-state index in [1.807, 2.05) is 45.0 Å². The predicted molar refractivity (Wildman–Crippen MR) is 156 cm³/mol. The van der Waals surface area contributed by atoms with Gasteiger partial charge in [0, 0.05) is 23.7 Å². The highest BCUT2D eigenvalue weighted by atomic mass is 35.5. The van der Waals surface area contributed by atoms with Crippen LogP contribution in [-0.2, 0) is 12.6 Å². The molecule has 4 rings (SSSR count). The van der Waals surface area contributed by atoms with Crippen molar-refractivity contribution in [3.05, 3.63) is 101 Å². The molecule has 4 nitrogen and oxygen atoms in total. The molecule has 0 fully saturated rings. The molecule has 0 bridgehead atoms. The van der Waals surface area contributed by atoms with Gasteiger partial charge in [0.15, 0.2) is 0 Å². The minimum atomic E-state index is -4.56. The highest BCUT2D eigenvalue weighted by molar-refractivity contribution is 6.30. The van der Waals surface area contributed by atoms with Crippen LogP contribution in [-0.4, -0.2) is 42.6 Å². The molecule has 1 N–H and O–H groups in total. The summed E-state index contributed by atoms with van der Waals surface area (Å²) in [5.41, 5.74) is 3.24. The van der Waals surface area contributed by atoms with E-state index in [1.54, 1.807) is 65.2 Å². The maximum atomic E-state index is 14.4. The molecule has 8 heteroatoms. The van der Waals surface area contributed by atoms with Crippen molar-refractivity contribution in [2.24, 2.45) is 5.92 Å². The second kappa shape index (κ2) is 12.3. The number of halogens is 4. The van der Waals surface area contributed by atoms with Crippen molar-refractivity contribution in [1.82, 2.24) is 14.8 Å². The summed E-state index contributed by atoms with van der Waals surface area (Å²) in [5, 5.41) is 3.42. The Balaban J connectivity index is 1.85. The SMILES string of the molecule is CC(C)Cc1ccc(C(F)(F)F)c(-n2c(-c3ccc(Cl)cc3)ccc2-c2ccc(C(=O)NCCN(C)C)cc2)c1. The minimum Gasteiger partial charge on any atom is -0.351 e. The molecule has 210 valence electrons. The van der Waals surface area contributed by atoms with Crippen molar-refractivity contribution in [2.45, 2.75) is 26.4 Å². The Labute approximate surface area is 238 Å². The minimum absolute atomic E-state index is 0.0566. The van der Waals surface area contributed by atoms with Gasteiger partial charge >= 0.3 is 6.18 Å². The summed E-state index contributed by atoms with van der Waals surface area (Å²) in [4.78, 5) is 14.6. The fourth-order valence-electron chi connectivity index (χ4n) is 4.66. The van der Waals surface area contributed by atoms with Crippen molar-refractivity contribution >= 4 is 17.5 Å². The van der Waals surface area contributed by atoms with Crippen molar-refractivity contribution < 1.29 is 18.0 Å². The number of carbonyl (C=O) groups is 1. The second-order valence-electron chi connectivity index (χ2n) is 10.5. The zero-order valence-electron chi connectivity index (χ0n) is 23.0. The summed E-state index contributed by atoms with van der Waals surface area (Å²) in [6, 6.07) is 21.9. The quantitative estimate of drug-likeness (QED) is 0.223. The molecule has 0 aliphatic carbocycles. The van der Waals surface area contributed by atoms with Crippen LogP contribution in [0.1, 0.15) is 35.3 Å². The number of rotatable bonds is 9.